The second kappa shape index (κ2) is 8.26. The Bertz CT molecular complexity index is 1550. The highest BCUT2D eigenvalue weighted by atomic mass is 19.1. The van der Waals surface area contributed by atoms with Gasteiger partial charge in [0.15, 0.2) is 0 Å². The van der Waals surface area contributed by atoms with Crippen molar-refractivity contribution in [2.75, 3.05) is 7.11 Å². The molecule has 0 aliphatic rings. The second-order valence-electron chi connectivity index (χ2n) is 7.96. The molecule has 4 aromatic carbocycles. The fourth-order valence-electron chi connectivity index (χ4n) is 4.36. The van der Waals surface area contributed by atoms with Gasteiger partial charge in [0.2, 0.25) is 5.91 Å². The number of nitrogens with zero attached hydrogens (tertiary/aromatic N) is 1. The van der Waals surface area contributed by atoms with Crippen LogP contribution in [-0.2, 0) is 6.54 Å². The predicted octanol–water partition coefficient (Wildman–Crippen LogP) is 6.03. The molecule has 2 N–H and O–H groups in total. The lowest BCUT2D eigenvalue weighted by Gasteiger charge is -2.11. The number of methoxy groups -OCH3 is 1. The Balaban J connectivity index is 1.78. The molecule has 0 unspecified atom stereocenters. The minimum atomic E-state index is -0.987. The number of benzene rings is 4. The quantitative estimate of drug-likeness (QED) is 0.348. The van der Waals surface area contributed by atoms with Crippen LogP contribution in [-0.4, -0.2) is 17.6 Å². The SMILES string of the molecule is COc1ccc(-c2ccc3c4c(C(N)=O)cccc4n(Cc4c(F)cc(F)cc4F)c3c2)cc1. The van der Waals surface area contributed by atoms with Crippen molar-refractivity contribution in [2.24, 2.45) is 5.73 Å². The predicted molar refractivity (Wildman–Crippen MR) is 125 cm³/mol. The van der Waals surface area contributed by atoms with Crippen LogP contribution in [0.2, 0.25) is 0 Å². The van der Waals surface area contributed by atoms with Crippen LogP contribution in [0, 0.1) is 17.5 Å². The second-order valence-corrected chi connectivity index (χ2v) is 7.96. The van der Waals surface area contributed by atoms with Crippen molar-refractivity contribution >= 4 is 27.7 Å². The van der Waals surface area contributed by atoms with Crippen LogP contribution in [0.15, 0.2) is 72.8 Å². The molecular formula is C27H19F3N2O2. The Kier molecular flexibility index (Phi) is 5.24. The highest BCUT2D eigenvalue weighted by molar-refractivity contribution is 6.18. The summed E-state index contributed by atoms with van der Waals surface area (Å²) < 4.78 is 49.5. The van der Waals surface area contributed by atoms with Crippen molar-refractivity contribution in [3.8, 4) is 16.9 Å². The number of nitrogens with two attached hydrogens (primary N) is 1. The lowest BCUT2D eigenvalue weighted by Crippen LogP contribution is -2.11. The summed E-state index contributed by atoms with van der Waals surface area (Å²) in [5, 5.41) is 1.30. The third-order valence-electron chi connectivity index (χ3n) is 6.00. The Morgan fingerprint density at radius 1 is 0.882 bits per heavy atom. The van der Waals surface area contributed by atoms with Gasteiger partial charge in [0.25, 0.3) is 0 Å². The molecule has 5 rings (SSSR count). The molecule has 7 heteroatoms. The van der Waals surface area contributed by atoms with Gasteiger partial charge in [-0.05, 0) is 41.5 Å². The van der Waals surface area contributed by atoms with Crippen LogP contribution in [0.3, 0.4) is 0 Å². The van der Waals surface area contributed by atoms with E-state index in [0.717, 1.165) is 11.1 Å². The molecule has 5 aromatic rings. The molecule has 1 heterocycles. The maximum absolute atomic E-state index is 14.5. The fourth-order valence-corrected chi connectivity index (χ4v) is 4.36. The molecule has 0 saturated carbocycles. The highest BCUT2D eigenvalue weighted by Gasteiger charge is 2.20. The fraction of sp³-hybridized carbons (Fsp3) is 0.0741. The summed E-state index contributed by atoms with van der Waals surface area (Å²) in [6.45, 7) is -0.202. The molecule has 0 aliphatic heterocycles. The highest BCUT2D eigenvalue weighted by Crippen LogP contribution is 2.35. The smallest absolute Gasteiger partial charge is 0.249 e. The van der Waals surface area contributed by atoms with Gasteiger partial charge >= 0.3 is 0 Å². The molecule has 0 spiro atoms. The van der Waals surface area contributed by atoms with Crippen LogP contribution in [0.4, 0.5) is 13.2 Å². The minimum Gasteiger partial charge on any atom is -0.497 e. The van der Waals surface area contributed by atoms with Gasteiger partial charge in [0.1, 0.15) is 23.2 Å². The summed E-state index contributed by atoms with van der Waals surface area (Å²) in [6.07, 6.45) is 0. The van der Waals surface area contributed by atoms with E-state index in [1.54, 1.807) is 29.9 Å². The van der Waals surface area contributed by atoms with E-state index in [-0.39, 0.29) is 12.1 Å². The molecular weight excluding hydrogens is 441 g/mol. The van der Waals surface area contributed by atoms with Crippen LogP contribution in [0.1, 0.15) is 15.9 Å². The normalized spacial score (nSPS) is 11.3. The monoisotopic (exact) mass is 460 g/mol. The van der Waals surface area contributed by atoms with E-state index < -0.39 is 23.4 Å². The molecule has 1 aromatic heterocycles. The zero-order valence-electron chi connectivity index (χ0n) is 18.1. The number of halogens is 3. The Morgan fingerprint density at radius 3 is 2.21 bits per heavy atom. The summed E-state index contributed by atoms with van der Waals surface area (Å²) in [5.41, 5.74) is 8.66. The first-order chi connectivity index (χ1) is 16.4. The maximum atomic E-state index is 14.5. The zero-order chi connectivity index (χ0) is 24.0. The average Bonchev–Trinajstić information content (AvgIpc) is 3.14. The van der Waals surface area contributed by atoms with Crippen LogP contribution in [0.5, 0.6) is 5.75 Å². The van der Waals surface area contributed by atoms with E-state index in [0.29, 0.717) is 45.3 Å². The van der Waals surface area contributed by atoms with Gasteiger partial charge < -0.3 is 15.0 Å². The first-order valence-electron chi connectivity index (χ1n) is 10.5. The van der Waals surface area contributed by atoms with E-state index in [9.17, 15) is 18.0 Å². The van der Waals surface area contributed by atoms with Crippen LogP contribution in [0.25, 0.3) is 32.9 Å². The zero-order valence-corrected chi connectivity index (χ0v) is 18.1. The Morgan fingerprint density at radius 2 is 1.56 bits per heavy atom. The first-order valence-corrected chi connectivity index (χ1v) is 10.5. The number of rotatable bonds is 5. The molecule has 0 atom stereocenters. The Labute approximate surface area is 193 Å². The van der Waals surface area contributed by atoms with E-state index in [2.05, 4.69) is 0 Å². The van der Waals surface area contributed by atoms with Crippen molar-refractivity contribution in [1.82, 2.24) is 4.57 Å². The van der Waals surface area contributed by atoms with E-state index in [1.165, 1.54) is 0 Å². The summed E-state index contributed by atoms with van der Waals surface area (Å²) in [4.78, 5) is 12.2. The molecule has 4 nitrogen and oxygen atoms in total. The van der Waals surface area contributed by atoms with Crippen molar-refractivity contribution in [3.63, 3.8) is 0 Å². The molecule has 0 saturated heterocycles. The number of fused-ring (bicyclic) bond motifs is 3. The van der Waals surface area contributed by atoms with E-state index in [1.807, 2.05) is 42.5 Å². The average molecular weight is 460 g/mol. The number of aromatic nitrogens is 1. The topological polar surface area (TPSA) is 57.2 Å². The molecule has 170 valence electrons. The molecule has 0 aliphatic carbocycles. The summed E-state index contributed by atoms with van der Waals surface area (Å²) in [6, 6.07) is 19.5. The van der Waals surface area contributed by atoms with Gasteiger partial charge in [-0.25, -0.2) is 13.2 Å². The standard InChI is InChI=1S/C27H19F3N2O2/c1-34-18-8-5-15(6-9-18)16-7-10-19-25(11-16)32(14-21-22(29)12-17(28)13-23(21)30)24-4-2-3-20(26(19)24)27(31)33/h2-13H,14H2,1H3,(H2,31,33). The lowest BCUT2D eigenvalue weighted by molar-refractivity contribution is 0.100. The summed E-state index contributed by atoms with van der Waals surface area (Å²) in [7, 11) is 1.59. The first kappa shape index (κ1) is 21.6. The molecule has 0 radical (unpaired) electrons. The number of ether oxygens (including phenoxy) is 1. The van der Waals surface area contributed by atoms with Crippen molar-refractivity contribution in [2.45, 2.75) is 6.54 Å². The Hall–Kier alpha value is -4.26. The van der Waals surface area contributed by atoms with Crippen molar-refractivity contribution < 1.29 is 22.7 Å². The van der Waals surface area contributed by atoms with Gasteiger partial charge in [-0.3, -0.25) is 4.79 Å². The maximum Gasteiger partial charge on any atom is 0.249 e. The number of primary amides is 1. The number of hydrogen-bond acceptors (Lipinski definition) is 2. The van der Waals surface area contributed by atoms with Gasteiger partial charge in [0, 0.05) is 34.0 Å². The third kappa shape index (κ3) is 3.55. The van der Waals surface area contributed by atoms with Crippen molar-refractivity contribution in [3.05, 3.63) is 101 Å². The number of amides is 1. The van der Waals surface area contributed by atoms with Gasteiger partial charge in [-0.1, -0.05) is 30.3 Å². The van der Waals surface area contributed by atoms with Gasteiger partial charge in [0.05, 0.1) is 24.7 Å². The largest absolute Gasteiger partial charge is 0.497 e. The number of carbonyl (C=O) groups excluding carboxylic acids is 1. The molecule has 0 bridgehead atoms. The molecule has 0 fully saturated rings. The number of carbonyl (C=O) groups is 1. The molecule has 34 heavy (non-hydrogen) atoms. The summed E-state index contributed by atoms with van der Waals surface area (Å²) >= 11 is 0. The summed E-state index contributed by atoms with van der Waals surface area (Å²) in [5.74, 6) is -2.84. The van der Waals surface area contributed by atoms with Gasteiger partial charge in [-0.15, -0.1) is 0 Å². The van der Waals surface area contributed by atoms with E-state index in [4.69, 9.17) is 10.5 Å². The van der Waals surface area contributed by atoms with Gasteiger partial charge in [-0.2, -0.15) is 0 Å². The minimum absolute atomic E-state index is 0.202. The third-order valence-corrected chi connectivity index (χ3v) is 6.00. The van der Waals surface area contributed by atoms with Crippen molar-refractivity contribution in [1.29, 1.82) is 0 Å². The number of hydrogen-bond donors (Lipinski definition) is 1. The van der Waals surface area contributed by atoms with Crippen LogP contribution < -0.4 is 10.5 Å². The lowest BCUT2D eigenvalue weighted by atomic mass is 10.0. The van der Waals surface area contributed by atoms with Crippen LogP contribution >= 0.6 is 0 Å². The van der Waals surface area contributed by atoms with E-state index >= 15 is 0 Å². The molecule has 1 amide bonds.